The zero-order valence-electron chi connectivity index (χ0n) is 35.2. The van der Waals surface area contributed by atoms with Gasteiger partial charge in [-0.2, -0.15) is 0 Å². The van der Waals surface area contributed by atoms with Crippen LogP contribution in [0.4, 0.5) is 17.1 Å². The highest BCUT2D eigenvalue weighted by Gasteiger charge is 2.35. The molecule has 1 aromatic heterocycles. The lowest BCUT2D eigenvalue weighted by Crippen LogP contribution is -2.15. The molecule has 0 N–H and O–H groups in total. The zero-order chi connectivity index (χ0) is 42.1. The average Bonchev–Trinajstić information content (AvgIpc) is 3.84. The molecule has 0 spiro atoms. The van der Waals surface area contributed by atoms with Gasteiger partial charge in [-0.05, 0) is 109 Å². The van der Waals surface area contributed by atoms with Crippen molar-refractivity contribution in [3.05, 3.63) is 236 Å². The number of anilines is 3. The molecule has 0 unspecified atom stereocenters. The normalized spacial score (nSPS) is 12.7. The number of thiophene rings is 1. The summed E-state index contributed by atoms with van der Waals surface area (Å²) in [6, 6.07) is 82.9. The van der Waals surface area contributed by atoms with Crippen molar-refractivity contribution >= 4 is 59.3 Å². The van der Waals surface area contributed by atoms with E-state index in [0.717, 1.165) is 17.1 Å². The van der Waals surface area contributed by atoms with E-state index in [1.54, 1.807) is 0 Å². The van der Waals surface area contributed by atoms with Crippen LogP contribution in [0.2, 0.25) is 0 Å². The third-order valence-electron chi connectivity index (χ3n) is 13.3. The predicted octanol–water partition coefficient (Wildman–Crippen LogP) is 17.7. The Labute approximate surface area is 372 Å². The molecule has 1 aliphatic rings. The van der Waals surface area contributed by atoms with Gasteiger partial charge in [-0.15, -0.1) is 11.3 Å². The Morgan fingerprint density at radius 3 is 1.68 bits per heavy atom. The molecule has 1 nitrogen and oxygen atoms in total. The van der Waals surface area contributed by atoms with Crippen LogP contribution in [-0.2, 0) is 5.41 Å². The Morgan fingerprint density at radius 2 is 0.889 bits per heavy atom. The fraction of sp³-hybridized carbons (Fsp3) is 0.0492. The maximum absolute atomic E-state index is 2.49. The minimum absolute atomic E-state index is 0.111. The van der Waals surface area contributed by atoms with Gasteiger partial charge in [0.15, 0.2) is 0 Å². The minimum Gasteiger partial charge on any atom is -0.309 e. The fourth-order valence-corrected chi connectivity index (χ4v) is 11.5. The van der Waals surface area contributed by atoms with Crippen molar-refractivity contribution in [3.63, 3.8) is 0 Å². The van der Waals surface area contributed by atoms with Gasteiger partial charge < -0.3 is 4.90 Å². The molecule has 63 heavy (non-hydrogen) atoms. The van der Waals surface area contributed by atoms with Crippen molar-refractivity contribution in [1.29, 1.82) is 0 Å². The van der Waals surface area contributed by atoms with Gasteiger partial charge in [0.2, 0.25) is 0 Å². The number of benzene rings is 10. The number of para-hydroxylation sites is 2. The van der Waals surface area contributed by atoms with Crippen LogP contribution in [0.5, 0.6) is 0 Å². The van der Waals surface area contributed by atoms with E-state index in [-0.39, 0.29) is 5.41 Å². The summed E-state index contributed by atoms with van der Waals surface area (Å²) in [7, 11) is 0. The van der Waals surface area contributed by atoms with Gasteiger partial charge in [0.25, 0.3) is 0 Å². The summed E-state index contributed by atoms with van der Waals surface area (Å²) in [4.78, 5) is 2.49. The molecule has 1 heterocycles. The van der Waals surface area contributed by atoms with Gasteiger partial charge >= 0.3 is 0 Å². The van der Waals surface area contributed by atoms with Crippen molar-refractivity contribution in [2.45, 2.75) is 19.3 Å². The number of nitrogens with zero attached hydrogens (tertiary/aromatic N) is 1. The summed E-state index contributed by atoms with van der Waals surface area (Å²) in [6.45, 7) is 4.73. The molecule has 0 bridgehead atoms. The quantitative estimate of drug-likeness (QED) is 0.155. The van der Waals surface area contributed by atoms with Crippen LogP contribution in [0.25, 0.3) is 86.6 Å². The van der Waals surface area contributed by atoms with Crippen molar-refractivity contribution in [2.75, 3.05) is 4.90 Å². The largest absolute Gasteiger partial charge is 0.309 e. The number of fused-ring (bicyclic) bond motifs is 7. The van der Waals surface area contributed by atoms with Crippen LogP contribution >= 0.6 is 11.3 Å². The summed E-state index contributed by atoms with van der Waals surface area (Å²) in [5, 5.41) is 5.10. The maximum atomic E-state index is 2.49. The molecule has 0 saturated carbocycles. The minimum atomic E-state index is -0.111. The van der Waals surface area contributed by atoms with Gasteiger partial charge in [-0.1, -0.05) is 196 Å². The van der Waals surface area contributed by atoms with E-state index in [0.29, 0.717) is 0 Å². The Hall–Kier alpha value is -7.52. The van der Waals surface area contributed by atoms with Crippen LogP contribution < -0.4 is 4.90 Å². The molecule has 0 radical (unpaired) electrons. The second kappa shape index (κ2) is 14.8. The molecular formula is C61H43NS. The third kappa shape index (κ3) is 6.05. The summed E-state index contributed by atoms with van der Waals surface area (Å²) in [5.41, 5.74) is 18.3. The Morgan fingerprint density at radius 1 is 0.349 bits per heavy atom. The van der Waals surface area contributed by atoms with Crippen molar-refractivity contribution in [1.82, 2.24) is 0 Å². The lowest BCUT2D eigenvalue weighted by atomic mass is 9.81. The molecule has 0 saturated heterocycles. The van der Waals surface area contributed by atoms with Gasteiger partial charge in [0, 0.05) is 42.4 Å². The topological polar surface area (TPSA) is 3.24 Å². The lowest BCUT2D eigenvalue weighted by molar-refractivity contribution is 0.660. The highest BCUT2D eigenvalue weighted by molar-refractivity contribution is 7.25. The molecule has 2 heteroatoms. The average molecular weight is 822 g/mol. The van der Waals surface area contributed by atoms with E-state index in [4.69, 9.17) is 0 Å². The van der Waals surface area contributed by atoms with Crippen LogP contribution in [0.1, 0.15) is 25.0 Å². The smallest absolute Gasteiger partial charge is 0.0540 e. The summed E-state index contributed by atoms with van der Waals surface area (Å²) in [6.07, 6.45) is 0. The monoisotopic (exact) mass is 821 g/mol. The SMILES string of the molecule is CC1(C)c2ccccc2-c2ccc(-c3ccccc3N(c3ccc(-c4cccc5sc6ccccc6c45)cc3)c3ccccc3-c3cccc4cccc(-c5ccccc5)c34)cc21. The van der Waals surface area contributed by atoms with Gasteiger partial charge in [-0.25, -0.2) is 0 Å². The molecule has 0 fully saturated rings. The molecule has 0 atom stereocenters. The highest BCUT2D eigenvalue weighted by Crippen LogP contribution is 2.52. The first-order chi connectivity index (χ1) is 31.0. The van der Waals surface area contributed by atoms with Crippen molar-refractivity contribution in [2.24, 2.45) is 0 Å². The predicted molar refractivity (Wildman–Crippen MR) is 271 cm³/mol. The summed E-state index contributed by atoms with van der Waals surface area (Å²) < 4.78 is 2.63. The van der Waals surface area contributed by atoms with Crippen molar-refractivity contribution < 1.29 is 0 Å². The summed E-state index contributed by atoms with van der Waals surface area (Å²) >= 11 is 1.87. The second-order valence-electron chi connectivity index (χ2n) is 17.2. The van der Waals surface area contributed by atoms with Crippen molar-refractivity contribution in [3.8, 4) is 55.6 Å². The van der Waals surface area contributed by atoms with Crippen LogP contribution in [0.3, 0.4) is 0 Å². The Kier molecular flexibility index (Phi) is 8.77. The van der Waals surface area contributed by atoms with E-state index >= 15 is 0 Å². The van der Waals surface area contributed by atoms with E-state index in [1.807, 2.05) is 11.3 Å². The molecule has 0 amide bonds. The number of hydrogen-bond donors (Lipinski definition) is 0. The Balaban J connectivity index is 1.07. The first kappa shape index (κ1) is 37.3. The van der Waals surface area contributed by atoms with Gasteiger partial charge in [0.05, 0.1) is 11.4 Å². The van der Waals surface area contributed by atoms with E-state index in [1.165, 1.54) is 97.7 Å². The second-order valence-corrected chi connectivity index (χ2v) is 18.3. The van der Waals surface area contributed by atoms with Crippen LogP contribution in [0.15, 0.2) is 224 Å². The summed E-state index contributed by atoms with van der Waals surface area (Å²) in [5.74, 6) is 0. The van der Waals surface area contributed by atoms with E-state index in [2.05, 4.69) is 243 Å². The standard InChI is InChI=1S/C61H43NS/c1-61(2)53-28-10-6-22-48(53)49-38-35-43(39-54(49)61)45-21-7-11-29-55(45)62(44-36-33-41(34-37-44)47-26-16-32-58-60(47)52-24-9-13-31-57(52)63-58)56-30-12-8-23-50(56)51-27-15-20-42-19-14-25-46(59(42)51)40-17-4-3-5-18-40/h3-39H,1-2H3. The number of hydrogen-bond acceptors (Lipinski definition) is 2. The molecule has 0 aliphatic heterocycles. The van der Waals surface area contributed by atoms with E-state index < -0.39 is 0 Å². The lowest BCUT2D eigenvalue weighted by Gasteiger charge is -2.30. The van der Waals surface area contributed by atoms with Crippen LogP contribution in [-0.4, -0.2) is 0 Å². The molecular weight excluding hydrogens is 779 g/mol. The van der Waals surface area contributed by atoms with E-state index in [9.17, 15) is 0 Å². The molecule has 10 aromatic carbocycles. The molecule has 298 valence electrons. The molecule has 11 aromatic rings. The first-order valence-electron chi connectivity index (χ1n) is 21.8. The highest BCUT2D eigenvalue weighted by atomic mass is 32.1. The van der Waals surface area contributed by atoms with Crippen LogP contribution in [0, 0.1) is 0 Å². The third-order valence-corrected chi connectivity index (χ3v) is 14.4. The zero-order valence-corrected chi connectivity index (χ0v) is 36.0. The van der Waals surface area contributed by atoms with Gasteiger partial charge in [-0.3, -0.25) is 0 Å². The van der Waals surface area contributed by atoms with Gasteiger partial charge in [0.1, 0.15) is 0 Å². The number of rotatable bonds is 7. The Bertz CT molecular complexity index is 3530. The molecule has 1 aliphatic carbocycles. The maximum Gasteiger partial charge on any atom is 0.0540 e. The molecule has 12 rings (SSSR count). The fourth-order valence-electron chi connectivity index (χ4n) is 10.3. The first-order valence-corrected chi connectivity index (χ1v) is 22.7.